The quantitative estimate of drug-likeness (QED) is 0.489. The molecule has 0 amide bonds. The van der Waals surface area contributed by atoms with E-state index in [-0.39, 0.29) is 11.6 Å². The molecule has 12 heavy (non-hydrogen) atoms. The van der Waals surface area contributed by atoms with E-state index in [0.29, 0.717) is 5.57 Å². The molecule has 3 nitrogen and oxygen atoms in total. The van der Waals surface area contributed by atoms with Crippen molar-refractivity contribution in [2.24, 2.45) is 0 Å². The minimum Gasteiger partial charge on any atom is -0.285 e. The second-order valence-electron chi connectivity index (χ2n) is 2.69. The largest absolute Gasteiger partial charge is 0.285 e. The molecular formula is C9H10N2O. The van der Waals surface area contributed by atoms with E-state index >= 15 is 0 Å². The zero-order valence-corrected chi connectivity index (χ0v) is 7.16. The van der Waals surface area contributed by atoms with Gasteiger partial charge < -0.3 is 0 Å². The lowest BCUT2D eigenvalue weighted by Gasteiger charge is -1.96. The van der Waals surface area contributed by atoms with Gasteiger partial charge in [-0.1, -0.05) is 6.58 Å². The van der Waals surface area contributed by atoms with Crippen molar-refractivity contribution in [2.45, 2.75) is 13.8 Å². The van der Waals surface area contributed by atoms with Crippen LogP contribution in [0.2, 0.25) is 0 Å². The Morgan fingerprint density at radius 2 is 1.92 bits per heavy atom. The van der Waals surface area contributed by atoms with Gasteiger partial charge in [0, 0.05) is 12.4 Å². The van der Waals surface area contributed by atoms with E-state index < -0.39 is 0 Å². The topological polar surface area (TPSA) is 42.9 Å². The molecular weight excluding hydrogens is 152 g/mol. The molecule has 3 heteroatoms. The van der Waals surface area contributed by atoms with Crippen molar-refractivity contribution < 1.29 is 4.79 Å². The number of hydrogen-bond acceptors (Lipinski definition) is 3. The summed E-state index contributed by atoms with van der Waals surface area (Å²) in [6.45, 7) is 7.04. The molecule has 1 rings (SSSR count). The van der Waals surface area contributed by atoms with E-state index in [1.807, 2.05) is 6.92 Å². The van der Waals surface area contributed by atoms with Crippen LogP contribution in [-0.4, -0.2) is 15.8 Å². The van der Waals surface area contributed by atoms with Crippen LogP contribution in [0.4, 0.5) is 0 Å². The Bertz CT molecular complexity index is 314. The van der Waals surface area contributed by atoms with Crippen molar-refractivity contribution in [3.8, 4) is 0 Å². The maximum atomic E-state index is 11.2. The first-order valence-electron chi connectivity index (χ1n) is 3.60. The van der Waals surface area contributed by atoms with Crippen LogP contribution < -0.4 is 0 Å². The highest BCUT2D eigenvalue weighted by atomic mass is 16.1. The summed E-state index contributed by atoms with van der Waals surface area (Å²) in [5, 5.41) is 0. The molecule has 0 atom stereocenters. The summed E-state index contributed by atoms with van der Waals surface area (Å²) in [4.78, 5) is 19.0. The lowest BCUT2D eigenvalue weighted by atomic mass is 10.2. The van der Waals surface area contributed by atoms with E-state index in [9.17, 15) is 4.79 Å². The first-order chi connectivity index (χ1) is 5.61. The first-order valence-corrected chi connectivity index (χ1v) is 3.60. The minimum atomic E-state index is -0.199. The van der Waals surface area contributed by atoms with Crippen LogP contribution in [-0.2, 0) is 0 Å². The molecule has 0 aliphatic carbocycles. The van der Waals surface area contributed by atoms with Gasteiger partial charge in [0.2, 0.25) is 11.6 Å². The van der Waals surface area contributed by atoms with Crippen LogP contribution in [0.1, 0.15) is 23.1 Å². The fourth-order valence-electron chi connectivity index (χ4n) is 0.701. The van der Waals surface area contributed by atoms with Crippen LogP contribution >= 0.6 is 0 Å². The van der Waals surface area contributed by atoms with E-state index in [2.05, 4.69) is 16.5 Å². The van der Waals surface area contributed by atoms with Crippen LogP contribution in [0.25, 0.3) is 0 Å². The lowest BCUT2D eigenvalue weighted by Crippen LogP contribution is -2.05. The highest BCUT2D eigenvalue weighted by Crippen LogP contribution is 2.00. The third kappa shape index (κ3) is 1.75. The molecule has 0 aliphatic rings. The van der Waals surface area contributed by atoms with Crippen molar-refractivity contribution in [3.05, 3.63) is 35.9 Å². The van der Waals surface area contributed by atoms with E-state index in [4.69, 9.17) is 0 Å². The Balaban J connectivity index is 2.98. The number of rotatable bonds is 2. The number of ketones is 1. The first kappa shape index (κ1) is 8.59. The van der Waals surface area contributed by atoms with Crippen LogP contribution in [0, 0.1) is 6.92 Å². The number of aryl methyl sites for hydroxylation is 1. The minimum absolute atomic E-state index is 0.199. The number of nitrogens with zero attached hydrogens (tertiary/aromatic N) is 2. The highest BCUT2D eigenvalue weighted by molar-refractivity contribution is 6.05. The summed E-state index contributed by atoms with van der Waals surface area (Å²) in [7, 11) is 0. The Labute approximate surface area is 71.2 Å². The van der Waals surface area contributed by atoms with Gasteiger partial charge in [0.05, 0.1) is 0 Å². The Kier molecular flexibility index (Phi) is 2.33. The van der Waals surface area contributed by atoms with Crippen molar-refractivity contribution in [3.63, 3.8) is 0 Å². The third-order valence-corrected chi connectivity index (χ3v) is 1.37. The molecule has 1 aromatic heterocycles. The summed E-state index contributed by atoms with van der Waals surface area (Å²) in [6, 6.07) is 0. The predicted octanol–water partition coefficient (Wildman–Crippen LogP) is 1.54. The molecule has 0 spiro atoms. The maximum absolute atomic E-state index is 11.2. The number of carbonyl (C=O) groups excluding carboxylic acids is 1. The fourth-order valence-corrected chi connectivity index (χ4v) is 0.701. The van der Waals surface area contributed by atoms with Crippen molar-refractivity contribution >= 4 is 5.78 Å². The Morgan fingerprint density at radius 3 is 2.33 bits per heavy atom. The van der Waals surface area contributed by atoms with Crippen molar-refractivity contribution in [1.82, 2.24) is 9.97 Å². The van der Waals surface area contributed by atoms with Gasteiger partial charge in [0.1, 0.15) is 0 Å². The van der Waals surface area contributed by atoms with Gasteiger partial charge in [-0.05, 0) is 25.0 Å². The molecule has 0 radical (unpaired) electrons. The van der Waals surface area contributed by atoms with Gasteiger partial charge in [-0.2, -0.15) is 0 Å². The molecule has 0 aliphatic heterocycles. The predicted molar refractivity (Wildman–Crippen MR) is 45.9 cm³/mol. The Morgan fingerprint density at radius 1 is 1.42 bits per heavy atom. The fraction of sp³-hybridized carbons (Fsp3) is 0.222. The van der Waals surface area contributed by atoms with Crippen LogP contribution in [0.15, 0.2) is 24.5 Å². The molecule has 1 heterocycles. The molecule has 0 saturated heterocycles. The summed E-state index contributed by atoms with van der Waals surface area (Å²) in [5.41, 5.74) is 1.40. The molecule has 0 unspecified atom stereocenters. The molecule has 0 saturated carbocycles. The van der Waals surface area contributed by atoms with E-state index in [0.717, 1.165) is 5.56 Å². The van der Waals surface area contributed by atoms with E-state index in [1.165, 1.54) is 0 Å². The normalized spacial score (nSPS) is 9.50. The number of allylic oxidation sites excluding steroid dienone is 1. The molecule has 0 N–H and O–H groups in total. The number of hydrogen-bond donors (Lipinski definition) is 0. The molecule has 0 aromatic carbocycles. The number of carbonyl (C=O) groups is 1. The van der Waals surface area contributed by atoms with Crippen molar-refractivity contribution in [2.75, 3.05) is 0 Å². The monoisotopic (exact) mass is 162 g/mol. The van der Waals surface area contributed by atoms with Gasteiger partial charge in [0.15, 0.2) is 0 Å². The average Bonchev–Trinajstić information content (AvgIpc) is 2.04. The van der Waals surface area contributed by atoms with Crippen molar-refractivity contribution in [1.29, 1.82) is 0 Å². The van der Waals surface area contributed by atoms with Crippen LogP contribution in [0.3, 0.4) is 0 Å². The van der Waals surface area contributed by atoms with Crippen LogP contribution in [0.5, 0.6) is 0 Å². The highest BCUT2D eigenvalue weighted by Gasteiger charge is 2.08. The third-order valence-electron chi connectivity index (χ3n) is 1.37. The van der Waals surface area contributed by atoms with Gasteiger partial charge in [0.25, 0.3) is 0 Å². The summed E-state index contributed by atoms with van der Waals surface area (Å²) in [5.74, 6) is 0.0168. The van der Waals surface area contributed by atoms with Gasteiger partial charge in [-0.3, -0.25) is 4.79 Å². The SMILES string of the molecule is C=C(C)C(=O)c1ncc(C)cn1. The zero-order chi connectivity index (χ0) is 9.14. The number of aromatic nitrogens is 2. The molecule has 62 valence electrons. The second-order valence-corrected chi connectivity index (χ2v) is 2.69. The lowest BCUT2D eigenvalue weighted by molar-refractivity contribution is 0.102. The van der Waals surface area contributed by atoms with Gasteiger partial charge >= 0.3 is 0 Å². The molecule has 0 bridgehead atoms. The summed E-state index contributed by atoms with van der Waals surface area (Å²) < 4.78 is 0. The second kappa shape index (κ2) is 3.26. The average molecular weight is 162 g/mol. The summed E-state index contributed by atoms with van der Waals surface area (Å²) in [6.07, 6.45) is 3.23. The molecule has 0 fully saturated rings. The molecule has 1 aromatic rings. The maximum Gasteiger partial charge on any atom is 0.225 e. The zero-order valence-electron chi connectivity index (χ0n) is 7.16. The standard InChI is InChI=1S/C9H10N2O/c1-6(2)8(12)9-10-4-7(3)5-11-9/h4-5H,1H2,2-3H3. The summed E-state index contributed by atoms with van der Waals surface area (Å²) >= 11 is 0. The smallest absolute Gasteiger partial charge is 0.225 e. The van der Waals surface area contributed by atoms with E-state index in [1.54, 1.807) is 19.3 Å². The van der Waals surface area contributed by atoms with Gasteiger partial charge in [-0.15, -0.1) is 0 Å². The Hall–Kier alpha value is -1.51. The number of Topliss-reactive ketones (excluding diaryl/α,β-unsaturated/α-hetero) is 1. The van der Waals surface area contributed by atoms with Gasteiger partial charge in [-0.25, -0.2) is 9.97 Å².